The Labute approximate surface area is 71.7 Å². The Bertz CT molecular complexity index is 102. The quantitative estimate of drug-likeness (QED) is 0.612. The van der Waals surface area contributed by atoms with Crippen LogP contribution in [0.2, 0.25) is 0 Å². The summed E-state index contributed by atoms with van der Waals surface area (Å²) in [5, 5.41) is -0.801. The zero-order valence-corrected chi connectivity index (χ0v) is 7.74. The first-order valence-corrected chi connectivity index (χ1v) is 4.32. The summed E-state index contributed by atoms with van der Waals surface area (Å²) in [7, 11) is 0. The van der Waals surface area contributed by atoms with E-state index in [1.807, 2.05) is 13.8 Å². The van der Waals surface area contributed by atoms with Crippen LogP contribution in [0.4, 0.5) is 0 Å². The fourth-order valence-electron chi connectivity index (χ4n) is 0.599. The maximum Gasteiger partial charge on any atom is 0.168 e. The number of alkyl halides is 2. The fraction of sp³-hybridized carbons (Fsp3) is 0.857. The molecule has 0 aromatic heterocycles. The van der Waals surface area contributed by atoms with Gasteiger partial charge in [-0.25, -0.2) is 0 Å². The van der Waals surface area contributed by atoms with Gasteiger partial charge in [0.2, 0.25) is 0 Å². The van der Waals surface area contributed by atoms with Crippen LogP contribution < -0.4 is 0 Å². The summed E-state index contributed by atoms with van der Waals surface area (Å²) in [5.41, 5.74) is 0. The lowest BCUT2D eigenvalue weighted by Crippen LogP contribution is -2.23. The minimum atomic E-state index is -0.401. The summed E-state index contributed by atoms with van der Waals surface area (Å²) in [6.07, 6.45) is 1.31. The van der Waals surface area contributed by atoms with Crippen LogP contribution >= 0.6 is 23.2 Å². The van der Waals surface area contributed by atoms with Crippen LogP contribution in [-0.2, 0) is 4.79 Å². The standard InChI is InChI=1S/C7H12Cl2O/c1-3-5(8)7(10)6(9)4-2/h5-6H,3-4H2,1-2H3. The topological polar surface area (TPSA) is 17.1 Å². The first-order chi connectivity index (χ1) is 4.63. The summed E-state index contributed by atoms with van der Waals surface area (Å²) in [5.74, 6) is -0.0478. The Morgan fingerprint density at radius 1 is 1.20 bits per heavy atom. The van der Waals surface area contributed by atoms with Crippen LogP contribution in [0, 0.1) is 0 Å². The van der Waals surface area contributed by atoms with Crippen molar-refractivity contribution in [1.82, 2.24) is 0 Å². The molecule has 0 rings (SSSR count). The largest absolute Gasteiger partial charge is 0.296 e. The molecule has 0 fully saturated rings. The molecule has 0 aromatic rings. The Balaban J connectivity index is 3.82. The maximum absolute atomic E-state index is 11.0. The van der Waals surface area contributed by atoms with Crippen LogP contribution in [0.1, 0.15) is 26.7 Å². The van der Waals surface area contributed by atoms with E-state index in [0.717, 1.165) is 0 Å². The van der Waals surface area contributed by atoms with Crippen LogP contribution in [0.25, 0.3) is 0 Å². The lowest BCUT2D eigenvalue weighted by atomic mass is 10.1. The molecule has 0 aliphatic heterocycles. The van der Waals surface area contributed by atoms with Gasteiger partial charge in [-0.3, -0.25) is 4.79 Å². The molecule has 10 heavy (non-hydrogen) atoms. The molecule has 0 N–H and O–H groups in total. The first-order valence-electron chi connectivity index (χ1n) is 3.45. The molecule has 1 nitrogen and oxygen atoms in total. The molecule has 0 aromatic carbocycles. The van der Waals surface area contributed by atoms with Gasteiger partial charge in [0.25, 0.3) is 0 Å². The third-order valence-electron chi connectivity index (χ3n) is 1.33. The first kappa shape index (κ1) is 10.2. The molecule has 0 aliphatic rings. The van der Waals surface area contributed by atoms with Crippen LogP contribution in [0.15, 0.2) is 0 Å². The minimum Gasteiger partial charge on any atom is -0.296 e. The average Bonchev–Trinajstić information content (AvgIpc) is 2.00. The number of carbonyl (C=O) groups is 1. The molecule has 0 amide bonds. The predicted molar refractivity (Wildman–Crippen MR) is 44.9 cm³/mol. The van der Waals surface area contributed by atoms with Crippen molar-refractivity contribution < 1.29 is 4.79 Å². The van der Waals surface area contributed by atoms with Crippen molar-refractivity contribution in [3.8, 4) is 0 Å². The minimum absolute atomic E-state index is 0.0478. The Morgan fingerprint density at radius 3 is 1.70 bits per heavy atom. The number of hydrogen-bond acceptors (Lipinski definition) is 1. The molecule has 0 saturated carbocycles. The van der Waals surface area contributed by atoms with Crippen molar-refractivity contribution in [2.45, 2.75) is 37.4 Å². The van der Waals surface area contributed by atoms with E-state index in [4.69, 9.17) is 23.2 Å². The van der Waals surface area contributed by atoms with Gasteiger partial charge in [-0.1, -0.05) is 13.8 Å². The van der Waals surface area contributed by atoms with E-state index < -0.39 is 10.8 Å². The summed E-state index contributed by atoms with van der Waals surface area (Å²) in [6, 6.07) is 0. The normalized spacial score (nSPS) is 16.4. The molecule has 2 unspecified atom stereocenters. The van der Waals surface area contributed by atoms with E-state index in [9.17, 15) is 4.79 Å². The zero-order chi connectivity index (χ0) is 8.15. The third-order valence-corrected chi connectivity index (χ3v) is 2.38. The Hall–Kier alpha value is 0.250. The number of Topliss-reactive ketones (excluding diaryl/α,β-unsaturated/α-hetero) is 1. The van der Waals surface area contributed by atoms with Gasteiger partial charge in [0.1, 0.15) is 0 Å². The molecule has 2 atom stereocenters. The number of halogens is 2. The van der Waals surface area contributed by atoms with Gasteiger partial charge in [0, 0.05) is 0 Å². The van der Waals surface area contributed by atoms with Gasteiger partial charge in [-0.05, 0) is 12.8 Å². The monoisotopic (exact) mass is 182 g/mol. The second-order valence-corrected chi connectivity index (χ2v) is 3.21. The number of ketones is 1. The van der Waals surface area contributed by atoms with E-state index in [-0.39, 0.29) is 5.78 Å². The summed E-state index contributed by atoms with van der Waals surface area (Å²) < 4.78 is 0. The molecule has 0 saturated heterocycles. The summed E-state index contributed by atoms with van der Waals surface area (Å²) >= 11 is 11.3. The van der Waals surface area contributed by atoms with Gasteiger partial charge in [-0.15, -0.1) is 23.2 Å². The van der Waals surface area contributed by atoms with Crippen molar-refractivity contribution >= 4 is 29.0 Å². The van der Waals surface area contributed by atoms with E-state index in [2.05, 4.69) is 0 Å². The molecule has 60 valence electrons. The van der Waals surface area contributed by atoms with E-state index >= 15 is 0 Å². The van der Waals surface area contributed by atoms with Gasteiger partial charge in [0.15, 0.2) is 5.78 Å². The second-order valence-electron chi connectivity index (χ2n) is 2.15. The van der Waals surface area contributed by atoms with E-state index in [1.165, 1.54) is 0 Å². The summed E-state index contributed by atoms with van der Waals surface area (Å²) in [4.78, 5) is 11.0. The molecule has 0 aliphatic carbocycles. The number of hydrogen-bond donors (Lipinski definition) is 0. The van der Waals surface area contributed by atoms with Gasteiger partial charge in [-0.2, -0.15) is 0 Å². The summed E-state index contributed by atoms with van der Waals surface area (Å²) in [6.45, 7) is 3.74. The average molecular weight is 183 g/mol. The maximum atomic E-state index is 11.0. The van der Waals surface area contributed by atoms with Crippen LogP contribution in [0.3, 0.4) is 0 Å². The van der Waals surface area contributed by atoms with E-state index in [0.29, 0.717) is 12.8 Å². The number of carbonyl (C=O) groups excluding carboxylic acids is 1. The van der Waals surface area contributed by atoms with E-state index in [1.54, 1.807) is 0 Å². The van der Waals surface area contributed by atoms with Gasteiger partial charge >= 0.3 is 0 Å². The Kier molecular flexibility index (Phi) is 5.10. The van der Waals surface area contributed by atoms with Crippen LogP contribution in [-0.4, -0.2) is 16.5 Å². The van der Waals surface area contributed by atoms with Crippen LogP contribution in [0.5, 0.6) is 0 Å². The van der Waals surface area contributed by atoms with Crippen molar-refractivity contribution in [2.75, 3.05) is 0 Å². The van der Waals surface area contributed by atoms with Crippen molar-refractivity contribution in [2.24, 2.45) is 0 Å². The molecular formula is C7H12Cl2O. The number of rotatable bonds is 4. The van der Waals surface area contributed by atoms with Crippen molar-refractivity contribution in [3.05, 3.63) is 0 Å². The molecule has 0 spiro atoms. The zero-order valence-electron chi connectivity index (χ0n) is 6.23. The highest BCUT2D eigenvalue weighted by Crippen LogP contribution is 2.11. The lowest BCUT2D eigenvalue weighted by Gasteiger charge is -2.08. The highest BCUT2D eigenvalue weighted by atomic mass is 35.5. The SMILES string of the molecule is CCC(Cl)C(=O)C(Cl)CC. The Morgan fingerprint density at radius 2 is 1.50 bits per heavy atom. The molecule has 0 bridgehead atoms. The highest BCUT2D eigenvalue weighted by molar-refractivity contribution is 6.40. The fourth-order valence-corrected chi connectivity index (χ4v) is 0.967. The second kappa shape index (κ2) is 4.97. The van der Waals surface area contributed by atoms with Gasteiger partial charge in [0.05, 0.1) is 10.8 Å². The lowest BCUT2D eigenvalue weighted by molar-refractivity contribution is -0.118. The van der Waals surface area contributed by atoms with Crippen molar-refractivity contribution in [3.63, 3.8) is 0 Å². The third kappa shape index (κ3) is 2.89. The predicted octanol–water partition coefficient (Wildman–Crippen LogP) is 2.59. The highest BCUT2D eigenvalue weighted by Gasteiger charge is 2.19. The smallest absolute Gasteiger partial charge is 0.168 e. The van der Waals surface area contributed by atoms with Crippen molar-refractivity contribution in [1.29, 1.82) is 0 Å². The molecule has 0 heterocycles. The molecule has 0 radical (unpaired) electrons. The van der Waals surface area contributed by atoms with Gasteiger partial charge < -0.3 is 0 Å². The molecular weight excluding hydrogens is 171 g/mol. The molecule has 3 heteroatoms.